The number of azo groups is 1. The fraction of sp³-hybridized carbons (Fsp3) is 0.211. The van der Waals surface area contributed by atoms with Crippen LogP contribution in [0.15, 0.2) is 58.8 Å². The molecular formula is C19H18N6O6S. The first-order valence-corrected chi connectivity index (χ1v) is 10.1. The van der Waals surface area contributed by atoms with Gasteiger partial charge in [0.15, 0.2) is 5.69 Å². The van der Waals surface area contributed by atoms with Gasteiger partial charge in [0.05, 0.1) is 28.7 Å². The SMILES string of the molecule is O=[N+]([O-])c1ccc(-c2nc(N=Nc3ccc(N(CCO)CCO)cc3)sc2[N+](=O)[O-])cc1. The molecule has 1 aromatic heterocycles. The quantitative estimate of drug-likeness (QED) is 0.262. The Morgan fingerprint density at radius 3 is 2.06 bits per heavy atom. The molecule has 3 rings (SSSR count). The summed E-state index contributed by atoms with van der Waals surface area (Å²) < 4.78 is 0. The first-order chi connectivity index (χ1) is 15.4. The van der Waals surface area contributed by atoms with Crippen LogP contribution in [0.5, 0.6) is 0 Å². The molecular weight excluding hydrogens is 440 g/mol. The van der Waals surface area contributed by atoms with Crippen LogP contribution in [-0.4, -0.2) is 51.3 Å². The van der Waals surface area contributed by atoms with Gasteiger partial charge in [0.1, 0.15) is 0 Å². The van der Waals surface area contributed by atoms with Crippen molar-refractivity contribution in [3.05, 3.63) is 68.8 Å². The number of aliphatic hydroxyl groups excluding tert-OH is 2. The van der Waals surface area contributed by atoms with Crippen LogP contribution in [0.25, 0.3) is 11.3 Å². The van der Waals surface area contributed by atoms with Crippen LogP contribution in [-0.2, 0) is 0 Å². The molecule has 0 fully saturated rings. The molecule has 166 valence electrons. The molecule has 0 radical (unpaired) electrons. The molecule has 3 aromatic rings. The smallest absolute Gasteiger partial charge is 0.353 e. The molecule has 0 unspecified atom stereocenters. The molecule has 0 atom stereocenters. The van der Waals surface area contributed by atoms with E-state index >= 15 is 0 Å². The van der Waals surface area contributed by atoms with Gasteiger partial charge in [-0.2, -0.15) is 0 Å². The number of nitrogens with zero attached hydrogens (tertiary/aromatic N) is 6. The van der Waals surface area contributed by atoms with Crippen molar-refractivity contribution < 1.29 is 20.1 Å². The third-order valence-corrected chi connectivity index (χ3v) is 5.21. The number of aromatic nitrogens is 1. The van der Waals surface area contributed by atoms with Gasteiger partial charge in [-0.15, -0.1) is 10.2 Å². The predicted octanol–water partition coefficient (Wildman–Crippen LogP) is 3.83. The third-order valence-electron chi connectivity index (χ3n) is 4.32. The molecule has 0 amide bonds. The van der Waals surface area contributed by atoms with Crippen LogP contribution in [0.1, 0.15) is 0 Å². The molecule has 0 aliphatic rings. The molecule has 12 nitrogen and oxygen atoms in total. The second kappa shape index (κ2) is 10.5. The van der Waals surface area contributed by atoms with Gasteiger partial charge in [-0.1, -0.05) is 0 Å². The molecule has 0 aliphatic carbocycles. The van der Waals surface area contributed by atoms with Crippen molar-refractivity contribution in [1.29, 1.82) is 0 Å². The zero-order valence-corrected chi connectivity index (χ0v) is 17.4. The summed E-state index contributed by atoms with van der Waals surface area (Å²) in [6.45, 7) is 0.633. The molecule has 0 spiro atoms. The zero-order chi connectivity index (χ0) is 23.1. The lowest BCUT2D eigenvalue weighted by molar-refractivity contribution is -0.384. The van der Waals surface area contributed by atoms with E-state index in [1.807, 2.05) is 4.90 Å². The van der Waals surface area contributed by atoms with Gasteiger partial charge in [-0.25, -0.2) is 4.98 Å². The summed E-state index contributed by atoms with van der Waals surface area (Å²) >= 11 is 0.745. The minimum Gasteiger partial charge on any atom is -0.395 e. The van der Waals surface area contributed by atoms with Crippen LogP contribution < -0.4 is 4.90 Å². The Hall–Kier alpha value is -3.81. The molecule has 0 bridgehead atoms. The summed E-state index contributed by atoms with van der Waals surface area (Å²) in [6, 6.07) is 12.2. The van der Waals surface area contributed by atoms with Crippen molar-refractivity contribution in [1.82, 2.24) is 4.98 Å². The average molecular weight is 458 g/mol. The van der Waals surface area contributed by atoms with Crippen molar-refractivity contribution >= 4 is 38.5 Å². The normalized spacial score (nSPS) is 11.1. The summed E-state index contributed by atoms with van der Waals surface area (Å²) in [7, 11) is 0. The minimum absolute atomic E-state index is 0.0542. The topological polar surface area (TPSA) is 168 Å². The maximum Gasteiger partial charge on any atom is 0.353 e. The van der Waals surface area contributed by atoms with E-state index in [1.165, 1.54) is 24.3 Å². The number of nitro groups is 2. The maximum atomic E-state index is 11.4. The maximum absolute atomic E-state index is 11.4. The number of nitro benzene ring substituents is 1. The number of non-ortho nitro benzene ring substituents is 1. The molecule has 2 aromatic carbocycles. The Morgan fingerprint density at radius 1 is 0.906 bits per heavy atom. The Morgan fingerprint density at radius 2 is 1.53 bits per heavy atom. The van der Waals surface area contributed by atoms with Crippen molar-refractivity contribution in [2.24, 2.45) is 10.2 Å². The van der Waals surface area contributed by atoms with Gasteiger partial charge in [-0.05, 0) is 47.7 Å². The highest BCUT2D eigenvalue weighted by atomic mass is 32.1. The fourth-order valence-corrected chi connectivity index (χ4v) is 3.56. The average Bonchev–Trinajstić information content (AvgIpc) is 3.23. The Balaban J connectivity index is 1.82. The minimum atomic E-state index is -0.584. The van der Waals surface area contributed by atoms with Crippen LogP contribution in [0, 0.1) is 20.2 Å². The molecule has 32 heavy (non-hydrogen) atoms. The zero-order valence-electron chi connectivity index (χ0n) is 16.6. The van der Waals surface area contributed by atoms with Gasteiger partial charge in [0, 0.05) is 36.5 Å². The third kappa shape index (κ3) is 5.46. The first-order valence-electron chi connectivity index (χ1n) is 9.31. The Bertz CT molecular complexity index is 1110. The summed E-state index contributed by atoms with van der Waals surface area (Å²) in [5.74, 6) is 0. The molecule has 1 heterocycles. The second-order valence-electron chi connectivity index (χ2n) is 6.36. The number of benzene rings is 2. The number of anilines is 1. The highest BCUT2D eigenvalue weighted by Gasteiger charge is 2.23. The van der Waals surface area contributed by atoms with Crippen LogP contribution in [0.2, 0.25) is 0 Å². The van der Waals surface area contributed by atoms with E-state index in [2.05, 4.69) is 15.2 Å². The Labute approximate surface area is 185 Å². The highest BCUT2D eigenvalue weighted by molar-refractivity contribution is 7.19. The lowest BCUT2D eigenvalue weighted by atomic mass is 10.1. The molecule has 0 aliphatic heterocycles. The summed E-state index contributed by atoms with van der Waals surface area (Å²) in [6.07, 6.45) is 0. The van der Waals surface area contributed by atoms with Gasteiger partial charge in [-0.3, -0.25) is 20.2 Å². The van der Waals surface area contributed by atoms with Gasteiger partial charge in [0.2, 0.25) is 5.13 Å². The van der Waals surface area contributed by atoms with E-state index in [9.17, 15) is 20.2 Å². The van der Waals surface area contributed by atoms with Crippen LogP contribution >= 0.6 is 11.3 Å². The Kier molecular flexibility index (Phi) is 7.49. The van der Waals surface area contributed by atoms with E-state index in [0.29, 0.717) is 24.3 Å². The van der Waals surface area contributed by atoms with E-state index in [0.717, 1.165) is 17.0 Å². The van der Waals surface area contributed by atoms with Gasteiger partial charge in [0.25, 0.3) is 5.69 Å². The number of rotatable bonds is 10. The molecule has 2 N–H and O–H groups in total. The molecule has 13 heteroatoms. The molecule has 0 saturated heterocycles. The van der Waals surface area contributed by atoms with Crippen molar-refractivity contribution in [3.8, 4) is 11.3 Å². The van der Waals surface area contributed by atoms with Crippen LogP contribution in [0.4, 0.5) is 27.2 Å². The predicted molar refractivity (Wildman–Crippen MR) is 118 cm³/mol. The fourth-order valence-electron chi connectivity index (χ4n) is 2.84. The summed E-state index contributed by atoms with van der Waals surface area (Å²) in [5.41, 5.74) is 1.56. The standard InChI is InChI=1S/C19H18N6O6S/c26-11-9-23(10-12-27)15-7-3-14(4-8-15)21-22-19-20-17(18(32-19)25(30)31)13-1-5-16(6-2-13)24(28)29/h1-8,26-27H,9-12H2. The van der Waals surface area contributed by atoms with Crippen molar-refractivity contribution in [2.45, 2.75) is 0 Å². The number of hydrogen-bond donors (Lipinski definition) is 2. The van der Waals surface area contributed by atoms with Crippen molar-refractivity contribution in [2.75, 3.05) is 31.2 Å². The van der Waals surface area contributed by atoms with E-state index < -0.39 is 9.85 Å². The lowest BCUT2D eigenvalue weighted by Gasteiger charge is -2.22. The summed E-state index contributed by atoms with van der Waals surface area (Å²) in [4.78, 5) is 27.1. The van der Waals surface area contributed by atoms with E-state index in [1.54, 1.807) is 24.3 Å². The second-order valence-corrected chi connectivity index (χ2v) is 7.32. The summed E-state index contributed by atoms with van der Waals surface area (Å²) in [5, 5.41) is 48.4. The van der Waals surface area contributed by atoms with E-state index in [4.69, 9.17) is 10.2 Å². The lowest BCUT2D eigenvalue weighted by Crippen LogP contribution is -2.29. The first kappa shape index (κ1) is 22.9. The van der Waals surface area contributed by atoms with Gasteiger partial charge < -0.3 is 15.1 Å². The van der Waals surface area contributed by atoms with Crippen molar-refractivity contribution in [3.63, 3.8) is 0 Å². The van der Waals surface area contributed by atoms with Crippen LogP contribution in [0.3, 0.4) is 0 Å². The highest BCUT2D eigenvalue weighted by Crippen LogP contribution is 2.39. The number of hydrogen-bond acceptors (Lipinski definition) is 11. The van der Waals surface area contributed by atoms with Gasteiger partial charge >= 0.3 is 5.00 Å². The monoisotopic (exact) mass is 458 g/mol. The largest absolute Gasteiger partial charge is 0.395 e. The number of thiazole rings is 1. The molecule has 0 saturated carbocycles. The van der Waals surface area contributed by atoms with E-state index in [-0.39, 0.29) is 34.7 Å². The number of aliphatic hydroxyl groups is 2.